The molecule has 0 saturated carbocycles. The number of carbonyl (C=O) groups excluding carboxylic acids is 1. The number of Topliss-reactive ketones (excluding diaryl/α,β-unsaturated/α-hetero) is 1. The van der Waals surface area contributed by atoms with Crippen molar-refractivity contribution in [2.45, 2.75) is 32.4 Å². The SMILES string of the molecule is Cc1cc(F)cc(C2(N3CCN(Cc4ccccc4C)CC3)Cc3ccccc3C2=O)c1. The molecule has 0 N–H and O–H groups in total. The van der Waals surface area contributed by atoms with Crippen LogP contribution in [-0.2, 0) is 18.5 Å². The van der Waals surface area contributed by atoms with Gasteiger partial charge < -0.3 is 0 Å². The van der Waals surface area contributed by atoms with Crippen LogP contribution in [0.4, 0.5) is 4.39 Å². The second-order valence-electron chi connectivity index (χ2n) is 9.23. The average molecular weight is 429 g/mol. The summed E-state index contributed by atoms with van der Waals surface area (Å²) in [6.45, 7) is 8.29. The standard InChI is InChI=1S/C28H29FN2O/c1-20-15-24(17-25(29)16-20)28(18-22-8-5-6-10-26(22)27(28)32)31-13-11-30(12-14-31)19-23-9-4-3-7-21(23)2/h3-10,15-17H,11-14,18-19H2,1-2H3. The highest BCUT2D eigenvalue weighted by atomic mass is 19.1. The largest absolute Gasteiger partial charge is 0.297 e. The summed E-state index contributed by atoms with van der Waals surface area (Å²) < 4.78 is 14.5. The van der Waals surface area contributed by atoms with Gasteiger partial charge in [0.2, 0.25) is 0 Å². The van der Waals surface area contributed by atoms with Crippen molar-refractivity contribution in [1.29, 1.82) is 0 Å². The highest BCUT2D eigenvalue weighted by Crippen LogP contribution is 2.43. The van der Waals surface area contributed by atoms with Crippen molar-refractivity contribution in [3.8, 4) is 0 Å². The lowest BCUT2D eigenvalue weighted by atomic mass is 9.82. The summed E-state index contributed by atoms with van der Waals surface area (Å²) in [4.78, 5) is 18.6. The molecular weight excluding hydrogens is 399 g/mol. The third-order valence-corrected chi connectivity index (χ3v) is 7.17. The average Bonchev–Trinajstić information content (AvgIpc) is 3.09. The number of carbonyl (C=O) groups is 1. The molecule has 3 aromatic rings. The van der Waals surface area contributed by atoms with Crippen LogP contribution in [0, 0.1) is 19.7 Å². The highest BCUT2D eigenvalue weighted by molar-refractivity contribution is 6.08. The molecule has 3 aromatic carbocycles. The maximum atomic E-state index is 14.5. The summed E-state index contributed by atoms with van der Waals surface area (Å²) in [5.74, 6) is -0.174. The molecule has 2 aliphatic rings. The Morgan fingerprint density at radius 3 is 2.34 bits per heavy atom. The van der Waals surface area contributed by atoms with Crippen LogP contribution in [0.5, 0.6) is 0 Å². The van der Waals surface area contributed by atoms with Crippen LogP contribution in [-0.4, -0.2) is 41.8 Å². The molecule has 1 aliphatic carbocycles. The first-order valence-electron chi connectivity index (χ1n) is 11.4. The first-order chi connectivity index (χ1) is 15.5. The predicted octanol–water partition coefficient (Wildman–Crippen LogP) is 4.89. The zero-order valence-electron chi connectivity index (χ0n) is 18.8. The lowest BCUT2D eigenvalue weighted by Crippen LogP contribution is -2.58. The van der Waals surface area contributed by atoms with E-state index < -0.39 is 5.54 Å². The number of fused-ring (bicyclic) bond motifs is 1. The van der Waals surface area contributed by atoms with Crippen molar-refractivity contribution in [3.63, 3.8) is 0 Å². The molecule has 1 heterocycles. The zero-order valence-corrected chi connectivity index (χ0v) is 18.8. The number of piperazine rings is 1. The van der Waals surface area contributed by atoms with Gasteiger partial charge in [0.1, 0.15) is 11.4 Å². The summed E-state index contributed by atoms with van der Waals surface area (Å²) in [6.07, 6.45) is 0.600. The molecule has 1 fully saturated rings. The van der Waals surface area contributed by atoms with Gasteiger partial charge in [-0.3, -0.25) is 14.6 Å². The van der Waals surface area contributed by atoms with E-state index in [9.17, 15) is 9.18 Å². The number of aryl methyl sites for hydroxylation is 2. The molecule has 32 heavy (non-hydrogen) atoms. The lowest BCUT2D eigenvalue weighted by molar-refractivity contribution is 0.0287. The van der Waals surface area contributed by atoms with Crippen molar-refractivity contribution in [2.24, 2.45) is 0 Å². The maximum Gasteiger partial charge on any atom is 0.188 e. The van der Waals surface area contributed by atoms with E-state index in [4.69, 9.17) is 0 Å². The first kappa shape index (κ1) is 21.0. The quantitative estimate of drug-likeness (QED) is 0.591. The molecule has 1 aliphatic heterocycles. The molecule has 0 radical (unpaired) electrons. The number of nitrogens with zero attached hydrogens (tertiary/aromatic N) is 2. The summed E-state index contributed by atoms with van der Waals surface area (Å²) >= 11 is 0. The van der Waals surface area contributed by atoms with Crippen LogP contribution in [0.15, 0.2) is 66.7 Å². The third-order valence-electron chi connectivity index (χ3n) is 7.17. The molecule has 1 saturated heterocycles. The predicted molar refractivity (Wildman–Crippen MR) is 125 cm³/mol. The van der Waals surface area contributed by atoms with Crippen molar-refractivity contribution in [2.75, 3.05) is 26.2 Å². The van der Waals surface area contributed by atoms with Gasteiger partial charge in [0.25, 0.3) is 0 Å². The number of ketones is 1. The zero-order chi connectivity index (χ0) is 22.3. The van der Waals surface area contributed by atoms with E-state index in [1.165, 1.54) is 17.2 Å². The van der Waals surface area contributed by atoms with Crippen LogP contribution in [0.2, 0.25) is 0 Å². The third kappa shape index (κ3) is 3.58. The molecule has 0 aromatic heterocycles. The van der Waals surface area contributed by atoms with Crippen molar-refractivity contribution >= 4 is 5.78 Å². The van der Waals surface area contributed by atoms with Crippen LogP contribution in [0.25, 0.3) is 0 Å². The Hall–Kier alpha value is -2.82. The second kappa shape index (κ2) is 8.27. The Kier molecular flexibility index (Phi) is 5.44. The molecule has 5 rings (SSSR count). The topological polar surface area (TPSA) is 23.6 Å². The molecule has 164 valence electrons. The van der Waals surface area contributed by atoms with E-state index >= 15 is 0 Å². The Labute approximate surface area is 189 Å². The van der Waals surface area contributed by atoms with Gasteiger partial charge in [-0.25, -0.2) is 4.39 Å². The summed E-state index contributed by atoms with van der Waals surface area (Å²) in [6, 6.07) is 21.5. The minimum atomic E-state index is -0.828. The van der Waals surface area contributed by atoms with Gasteiger partial charge in [0.05, 0.1) is 0 Å². The van der Waals surface area contributed by atoms with Crippen molar-refractivity contribution in [1.82, 2.24) is 9.80 Å². The van der Waals surface area contributed by atoms with E-state index in [0.29, 0.717) is 6.42 Å². The highest BCUT2D eigenvalue weighted by Gasteiger charge is 2.51. The first-order valence-corrected chi connectivity index (χ1v) is 11.4. The van der Waals surface area contributed by atoms with Crippen LogP contribution >= 0.6 is 0 Å². The van der Waals surface area contributed by atoms with Gasteiger partial charge >= 0.3 is 0 Å². The minimum Gasteiger partial charge on any atom is -0.297 e. The fourth-order valence-corrected chi connectivity index (χ4v) is 5.44. The molecule has 4 heteroatoms. The van der Waals surface area contributed by atoms with Gasteiger partial charge in [-0.2, -0.15) is 0 Å². The number of halogens is 1. The fraction of sp³-hybridized carbons (Fsp3) is 0.321. The Bertz CT molecular complexity index is 1150. The van der Waals surface area contributed by atoms with Gasteiger partial charge in [0, 0.05) is 44.7 Å². The molecule has 0 bridgehead atoms. The minimum absolute atomic E-state index is 0.102. The Balaban J connectivity index is 1.45. The summed E-state index contributed by atoms with van der Waals surface area (Å²) in [7, 11) is 0. The molecule has 1 unspecified atom stereocenters. The van der Waals surface area contributed by atoms with E-state index in [1.54, 1.807) is 6.07 Å². The molecule has 3 nitrogen and oxygen atoms in total. The smallest absolute Gasteiger partial charge is 0.188 e. The van der Waals surface area contributed by atoms with Crippen molar-refractivity contribution in [3.05, 3.63) is 106 Å². The number of rotatable bonds is 4. The van der Waals surface area contributed by atoms with Gasteiger partial charge in [-0.1, -0.05) is 54.6 Å². The number of benzene rings is 3. The normalized spacial score (nSPS) is 21.7. The number of hydrogen-bond acceptors (Lipinski definition) is 3. The van der Waals surface area contributed by atoms with Crippen LogP contribution < -0.4 is 0 Å². The summed E-state index contributed by atoms with van der Waals surface area (Å²) in [5.41, 5.74) is 5.29. The van der Waals surface area contributed by atoms with Crippen LogP contribution in [0.3, 0.4) is 0 Å². The Morgan fingerprint density at radius 1 is 0.906 bits per heavy atom. The monoisotopic (exact) mass is 428 g/mol. The van der Waals surface area contributed by atoms with Gasteiger partial charge in [-0.15, -0.1) is 0 Å². The lowest BCUT2D eigenvalue weighted by Gasteiger charge is -2.45. The van der Waals surface area contributed by atoms with E-state index in [-0.39, 0.29) is 11.6 Å². The van der Waals surface area contributed by atoms with Crippen LogP contribution in [0.1, 0.15) is 38.2 Å². The molecular formula is C28H29FN2O. The van der Waals surface area contributed by atoms with E-state index in [2.05, 4.69) is 41.0 Å². The Morgan fingerprint density at radius 2 is 1.62 bits per heavy atom. The van der Waals surface area contributed by atoms with Gasteiger partial charge in [0.15, 0.2) is 5.78 Å². The number of hydrogen-bond donors (Lipinski definition) is 0. The summed E-state index contributed by atoms with van der Waals surface area (Å²) in [5, 5.41) is 0. The van der Waals surface area contributed by atoms with E-state index in [1.807, 2.05) is 37.3 Å². The fourth-order valence-electron chi connectivity index (χ4n) is 5.44. The van der Waals surface area contributed by atoms with E-state index in [0.717, 1.165) is 55.0 Å². The van der Waals surface area contributed by atoms with Crippen molar-refractivity contribution < 1.29 is 9.18 Å². The molecule has 0 amide bonds. The molecule has 0 spiro atoms. The van der Waals surface area contributed by atoms with Gasteiger partial charge in [-0.05, 0) is 53.8 Å². The maximum absolute atomic E-state index is 14.5. The molecule has 1 atom stereocenters. The second-order valence-corrected chi connectivity index (χ2v) is 9.23.